The van der Waals surface area contributed by atoms with Gasteiger partial charge in [0.25, 0.3) is 0 Å². The Morgan fingerprint density at radius 1 is 1.17 bits per heavy atom. The SMILES string of the molecule is COc1ccc(NC2=CN(c3cccc(CN(C)C)c3)Cc3[nH]ccc32)cc1O. The van der Waals surface area contributed by atoms with Crippen LogP contribution in [0.3, 0.4) is 0 Å². The van der Waals surface area contributed by atoms with Crippen LogP contribution in [0.25, 0.3) is 5.70 Å². The number of phenols is 1. The van der Waals surface area contributed by atoms with E-state index in [4.69, 9.17) is 4.74 Å². The van der Waals surface area contributed by atoms with Crippen molar-refractivity contribution in [2.24, 2.45) is 0 Å². The van der Waals surface area contributed by atoms with E-state index in [1.165, 1.54) is 5.56 Å². The lowest BCUT2D eigenvalue weighted by Gasteiger charge is -2.28. The van der Waals surface area contributed by atoms with Crippen LogP contribution >= 0.6 is 0 Å². The summed E-state index contributed by atoms with van der Waals surface area (Å²) in [6.45, 7) is 1.67. The van der Waals surface area contributed by atoms with Crippen LogP contribution in [0.1, 0.15) is 16.8 Å². The number of phenolic OH excluding ortho intramolecular Hbond substituents is 1. The van der Waals surface area contributed by atoms with Crippen LogP contribution < -0.4 is 15.0 Å². The molecule has 0 saturated carbocycles. The first-order chi connectivity index (χ1) is 14.0. The predicted molar refractivity (Wildman–Crippen MR) is 117 cm³/mol. The van der Waals surface area contributed by atoms with Crippen LogP contribution in [-0.4, -0.2) is 36.2 Å². The van der Waals surface area contributed by atoms with Crippen LogP contribution in [0.2, 0.25) is 0 Å². The van der Waals surface area contributed by atoms with E-state index in [1.54, 1.807) is 19.2 Å². The van der Waals surface area contributed by atoms with Crippen molar-refractivity contribution in [1.29, 1.82) is 0 Å². The van der Waals surface area contributed by atoms with Gasteiger partial charge in [0.2, 0.25) is 0 Å². The number of hydrogen-bond acceptors (Lipinski definition) is 5. The Kier molecular flexibility index (Phi) is 5.18. The lowest BCUT2D eigenvalue weighted by Crippen LogP contribution is -2.23. The molecule has 0 bridgehead atoms. The van der Waals surface area contributed by atoms with E-state index in [2.05, 4.69) is 70.7 Å². The Labute approximate surface area is 171 Å². The Balaban J connectivity index is 1.65. The number of aromatic nitrogens is 1. The Morgan fingerprint density at radius 2 is 2.03 bits per heavy atom. The molecule has 1 aliphatic heterocycles. The number of anilines is 2. The zero-order valence-electron chi connectivity index (χ0n) is 16.9. The van der Waals surface area contributed by atoms with Crippen LogP contribution in [0.5, 0.6) is 11.5 Å². The summed E-state index contributed by atoms with van der Waals surface area (Å²) in [6.07, 6.45) is 4.07. The largest absolute Gasteiger partial charge is 0.504 e. The average molecular weight is 390 g/mol. The number of fused-ring (bicyclic) bond motifs is 1. The maximum absolute atomic E-state index is 10.1. The fraction of sp³-hybridized carbons (Fsp3) is 0.217. The average Bonchev–Trinajstić information content (AvgIpc) is 3.17. The van der Waals surface area contributed by atoms with E-state index in [1.807, 2.05) is 12.3 Å². The zero-order chi connectivity index (χ0) is 20.4. The zero-order valence-corrected chi connectivity index (χ0v) is 16.9. The minimum Gasteiger partial charge on any atom is -0.504 e. The van der Waals surface area contributed by atoms with Crippen molar-refractivity contribution in [3.63, 3.8) is 0 Å². The lowest BCUT2D eigenvalue weighted by molar-refractivity contribution is 0.373. The van der Waals surface area contributed by atoms with Gasteiger partial charge in [-0.1, -0.05) is 12.1 Å². The van der Waals surface area contributed by atoms with E-state index >= 15 is 0 Å². The molecule has 6 heteroatoms. The molecule has 0 aliphatic carbocycles. The van der Waals surface area contributed by atoms with Crippen molar-refractivity contribution in [2.75, 3.05) is 31.4 Å². The molecule has 6 nitrogen and oxygen atoms in total. The molecule has 3 aromatic rings. The third kappa shape index (κ3) is 4.07. The molecule has 0 saturated heterocycles. The molecule has 0 radical (unpaired) electrons. The van der Waals surface area contributed by atoms with Gasteiger partial charge in [-0.3, -0.25) is 0 Å². The highest BCUT2D eigenvalue weighted by molar-refractivity contribution is 5.82. The van der Waals surface area contributed by atoms with Gasteiger partial charge in [0, 0.05) is 47.6 Å². The second kappa shape index (κ2) is 7.93. The number of nitrogens with one attached hydrogen (secondary N) is 2. The molecule has 2 heterocycles. The first-order valence-electron chi connectivity index (χ1n) is 9.56. The van der Waals surface area contributed by atoms with E-state index in [0.29, 0.717) is 5.75 Å². The quantitative estimate of drug-likeness (QED) is 0.588. The van der Waals surface area contributed by atoms with Gasteiger partial charge in [0.05, 0.1) is 19.4 Å². The van der Waals surface area contributed by atoms with E-state index in [-0.39, 0.29) is 5.75 Å². The summed E-state index contributed by atoms with van der Waals surface area (Å²) in [5.41, 5.74) is 6.45. The Morgan fingerprint density at radius 3 is 2.79 bits per heavy atom. The number of aromatic amines is 1. The first kappa shape index (κ1) is 19.0. The maximum Gasteiger partial charge on any atom is 0.160 e. The molecule has 0 spiro atoms. The number of aromatic hydroxyl groups is 1. The standard InChI is InChI=1S/C23H26N4O2/c1-26(2)13-16-5-4-6-18(11-16)27-14-20-19(9-10-24-20)21(15-27)25-17-7-8-23(29-3)22(28)12-17/h4-12,15,24-25,28H,13-14H2,1-3H3. The monoisotopic (exact) mass is 390 g/mol. The molecule has 1 aromatic heterocycles. The second-order valence-corrected chi connectivity index (χ2v) is 7.46. The minimum atomic E-state index is 0.108. The smallest absolute Gasteiger partial charge is 0.160 e. The fourth-order valence-corrected chi connectivity index (χ4v) is 3.62. The van der Waals surface area contributed by atoms with Gasteiger partial charge in [0.15, 0.2) is 11.5 Å². The topological polar surface area (TPSA) is 63.8 Å². The Bertz CT molecular complexity index is 1040. The highest BCUT2D eigenvalue weighted by Gasteiger charge is 2.20. The maximum atomic E-state index is 10.1. The summed E-state index contributed by atoms with van der Waals surface area (Å²) in [5, 5.41) is 13.5. The number of rotatable bonds is 6. The van der Waals surface area contributed by atoms with Crippen molar-refractivity contribution >= 4 is 17.1 Å². The highest BCUT2D eigenvalue weighted by Crippen LogP contribution is 2.33. The van der Waals surface area contributed by atoms with Crippen LogP contribution in [0.15, 0.2) is 60.9 Å². The molecule has 3 N–H and O–H groups in total. The molecule has 150 valence electrons. The van der Waals surface area contributed by atoms with Gasteiger partial charge in [-0.15, -0.1) is 0 Å². The number of methoxy groups -OCH3 is 1. The number of benzene rings is 2. The minimum absolute atomic E-state index is 0.108. The van der Waals surface area contributed by atoms with Gasteiger partial charge in [-0.05, 0) is 50.0 Å². The van der Waals surface area contributed by atoms with Crippen LogP contribution in [0, 0.1) is 0 Å². The molecule has 29 heavy (non-hydrogen) atoms. The summed E-state index contributed by atoms with van der Waals surface area (Å²) < 4.78 is 5.14. The molecule has 0 atom stereocenters. The summed E-state index contributed by atoms with van der Waals surface area (Å²) in [7, 11) is 5.69. The summed E-state index contributed by atoms with van der Waals surface area (Å²) in [5.74, 6) is 0.561. The molecule has 0 amide bonds. The molecule has 0 fully saturated rings. The van der Waals surface area contributed by atoms with Gasteiger partial charge in [-0.25, -0.2) is 0 Å². The van der Waals surface area contributed by atoms with Gasteiger partial charge in [-0.2, -0.15) is 0 Å². The molecular formula is C23H26N4O2. The highest BCUT2D eigenvalue weighted by atomic mass is 16.5. The van der Waals surface area contributed by atoms with Crippen LogP contribution in [0.4, 0.5) is 11.4 Å². The third-order valence-electron chi connectivity index (χ3n) is 4.94. The normalized spacial score (nSPS) is 13.2. The van der Waals surface area contributed by atoms with Gasteiger partial charge in [0.1, 0.15) is 0 Å². The Hall–Kier alpha value is -3.38. The van der Waals surface area contributed by atoms with E-state index < -0.39 is 0 Å². The molecule has 0 unspecified atom stereocenters. The number of H-pyrrole nitrogens is 1. The van der Waals surface area contributed by atoms with Crippen LogP contribution in [-0.2, 0) is 13.1 Å². The van der Waals surface area contributed by atoms with Gasteiger partial charge < -0.3 is 29.9 Å². The number of hydrogen-bond donors (Lipinski definition) is 3. The summed E-state index contributed by atoms with van der Waals surface area (Å²) in [6, 6.07) is 16.0. The predicted octanol–water partition coefficient (Wildman–Crippen LogP) is 4.22. The number of nitrogens with zero attached hydrogens (tertiary/aromatic N) is 2. The van der Waals surface area contributed by atoms with Gasteiger partial charge >= 0.3 is 0 Å². The molecule has 1 aliphatic rings. The van der Waals surface area contributed by atoms with E-state index in [0.717, 1.165) is 41.4 Å². The summed E-state index contributed by atoms with van der Waals surface area (Å²) >= 11 is 0. The van der Waals surface area contributed by atoms with Crippen molar-refractivity contribution in [2.45, 2.75) is 13.1 Å². The first-order valence-corrected chi connectivity index (χ1v) is 9.56. The fourth-order valence-electron chi connectivity index (χ4n) is 3.62. The van der Waals surface area contributed by atoms with Crippen molar-refractivity contribution in [1.82, 2.24) is 9.88 Å². The molecule has 4 rings (SSSR count). The van der Waals surface area contributed by atoms with E-state index in [9.17, 15) is 5.11 Å². The van der Waals surface area contributed by atoms with Crippen molar-refractivity contribution in [3.8, 4) is 11.5 Å². The lowest BCUT2D eigenvalue weighted by atomic mass is 10.1. The molecule has 2 aromatic carbocycles. The molecular weight excluding hydrogens is 364 g/mol. The van der Waals surface area contributed by atoms with Crippen molar-refractivity contribution < 1.29 is 9.84 Å². The number of ether oxygens (including phenoxy) is 1. The summed E-state index contributed by atoms with van der Waals surface area (Å²) in [4.78, 5) is 7.74. The third-order valence-corrected chi connectivity index (χ3v) is 4.94. The van der Waals surface area contributed by atoms with Crippen molar-refractivity contribution in [3.05, 3.63) is 77.7 Å². The second-order valence-electron chi connectivity index (χ2n) is 7.46.